The first-order chi connectivity index (χ1) is 16.9. The molecule has 11 heteroatoms. The maximum absolute atomic E-state index is 13.4. The van der Waals surface area contributed by atoms with Gasteiger partial charge in [0.15, 0.2) is 5.69 Å². The number of benzene rings is 1. The minimum atomic E-state index is -3.30. The van der Waals surface area contributed by atoms with Crippen molar-refractivity contribution in [1.29, 1.82) is 0 Å². The van der Waals surface area contributed by atoms with Gasteiger partial charge in [0.2, 0.25) is 0 Å². The molecule has 0 bridgehead atoms. The van der Waals surface area contributed by atoms with E-state index in [1.165, 1.54) is 11.3 Å². The molecule has 10 nitrogen and oxygen atoms in total. The highest BCUT2D eigenvalue weighted by atomic mass is 32.1. The van der Waals surface area contributed by atoms with Crippen LogP contribution >= 0.6 is 11.3 Å². The molecule has 0 atom stereocenters. The van der Waals surface area contributed by atoms with Crippen LogP contribution in [0, 0.1) is 0 Å². The SMILES string of the molecule is COc1cc2c(cc1C=C(C)C)-c1c(c(C(=O)NC(C)(C)COC(O)(O)O)nn1-c1ccsc1)CO2. The maximum Gasteiger partial charge on any atom is 0.405 e. The Morgan fingerprint density at radius 2 is 2.06 bits per heavy atom. The van der Waals surface area contributed by atoms with Crippen LogP contribution in [0.1, 0.15) is 49.3 Å². The van der Waals surface area contributed by atoms with Gasteiger partial charge in [-0.05, 0) is 45.2 Å². The standard InChI is InChI=1S/C25H29N3O7S/c1-14(2)8-15-9-17-20(10-19(15)33-5)34-11-18-21(27-28(22(17)18)16-6-7-36-12-16)23(29)26-24(3,4)13-35-25(30,31)32/h6-10,12,30-32H,11,13H2,1-5H3,(H,26,29). The number of carbonyl (C=O) groups is 1. The molecule has 36 heavy (non-hydrogen) atoms. The summed E-state index contributed by atoms with van der Waals surface area (Å²) in [6.07, 6.45) is -1.29. The van der Waals surface area contributed by atoms with Gasteiger partial charge in [-0.2, -0.15) is 16.4 Å². The highest BCUT2D eigenvalue weighted by Crippen LogP contribution is 2.44. The number of amides is 1. The summed E-state index contributed by atoms with van der Waals surface area (Å²) in [4.78, 5) is 13.4. The highest BCUT2D eigenvalue weighted by molar-refractivity contribution is 7.08. The van der Waals surface area contributed by atoms with Crippen molar-refractivity contribution >= 4 is 23.3 Å². The molecule has 0 radical (unpaired) electrons. The largest absolute Gasteiger partial charge is 0.496 e. The number of methoxy groups -OCH3 is 1. The van der Waals surface area contributed by atoms with E-state index in [9.17, 15) is 4.79 Å². The number of ether oxygens (including phenoxy) is 3. The predicted molar refractivity (Wildman–Crippen MR) is 134 cm³/mol. The van der Waals surface area contributed by atoms with Crippen LogP contribution in [0.25, 0.3) is 23.0 Å². The molecule has 0 saturated carbocycles. The number of rotatable bonds is 8. The number of fused-ring (bicyclic) bond motifs is 3. The molecule has 1 aliphatic heterocycles. The molecule has 0 spiro atoms. The summed E-state index contributed by atoms with van der Waals surface area (Å²) in [7, 11) is 1.61. The number of aromatic nitrogens is 2. The Morgan fingerprint density at radius 3 is 2.67 bits per heavy atom. The van der Waals surface area contributed by atoms with Gasteiger partial charge in [0.25, 0.3) is 5.91 Å². The Hall–Kier alpha value is -3.22. The van der Waals surface area contributed by atoms with E-state index in [2.05, 4.69) is 15.2 Å². The molecular formula is C25H29N3O7S. The second kappa shape index (κ2) is 9.68. The van der Waals surface area contributed by atoms with E-state index in [0.29, 0.717) is 17.1 Å². The average Bonchev–Trinajstić information content (AvgIpc) is 3.44. The zero-order valence-electron chi connectivity index (χ0n) is 20.7. The highest BCUT2D eigenvalue weighted by Gasteiger charge is 2.34. The topological polar surface area (TPSA) is 135 Å². The molecule has 1 amide bonds. The van der Waals surface area contributed by atoms with Gasteiger partial charge in [-0.3, -0.25) is 4.79 Å². The minimum absolute atomic E-state index is 0.115. The Kier molecular flexibility index (Phi) is 6.95. The lowest BCUT2D eigenvalue weighted by Crippen LogP contribution is -2.50. The lowest BCUT2D eigenvalue weighted by atomic mass is 9.98. The van der Waals surface area contributed by atoms with Gasteiger partial charge in [-0.15, -0.1) is 0 Å². The molecule has 4 N–H and O–H groups in total. The van der Waals surface area contributed by atoms with Crippen molar-refractivity contribution < 1.29 is 34.3 Å². The number of carbonyl (C=O) groups excluding carboxylic acids is 1. The Morgan fingerprint density at radius 1 is 1.31 bits per heavy atom. The van der Waals surface area contributed by atoms with Gasteiger partial charge in [0.05, 0.1) is 30.6 Å². The van der Waals surface area contributed by atoms with Crippen LogP contribution in [0.2, 0.25) is 0 Å². The second-order valence-corrected chi connectivity index (χ2v) is 10.2. The Labute approximate surface area is 212 Å². The van der Waals surface area contributed by atoms with Gasteiger partial charge in [0.1, 0.15) is 18.1 Å². The minimum Gasteiger partial charge on any atom is -0.496 e. The van der Waals surface area contributed by atoms with E-state index >= 15 is 0 Å². The number of nitrogens with zero attached hydrogens (tertiary/aromatic N) is 2. The molecule has 3 aromatic rings. The zero-order valence-corrected chi connectivity index (χ0v) is 21.5. The Bertz CT molecular complexity index is 1300. The number of allylic oxidation sites excluding steroid dienone is 1. The van der Waals surface area contributed by atoms with Crippen LogP contribution in [0.5, 0.6) is 11.5 Å². The summed E-state index contributed by atoms with van der Waals surface area (Å²) in [5.74, 6) is 0.790. The summed E-state index contributed by atoms with van der Waals surface area (Å²) in [5.41, 5.74) is 3.99. The molecule has 4 rings (SSSR count). The van der Waals surface area contributed by atoms with Crippen LogP contribution in [0.3, 0.4) is 0 Å². The summed E-state index contributed by atoms with van der Waals surface area (Å²) >= 11 is 1.51. The van der Waals surface area contributed by atoms with Crippen molar-refractivity contribution in [2.24, 2.45) is 0 Å². The molecule has 1 aromatic carbocycles. The number of nitrogens with one attached hydrogen (secondary N) is 1. The zero-order chi connectivity index (χ0) is 26.3. The molecule has 3 heterocycles. The smallest absolute Gasteiger partial charge is 0.405 e. The average molecular weight is 516 g/mol. The van der Waals surface area contributed by atoms with Gasteiger partial charge >= 0.3 is 6.16 Å². The molecule has 1 aliphatic rings. The van der Waals surface area contributed by atoms with E-state index in [-0.39, 0.29) is 18.9 Å². The molecule has 0 saturated heterocycles. The maximum atomic E-state index is 13.4. The van der Waals surface area contributed by atoms with Crippen molar-refractivity contribution in [3.05, 3.63) is 51.4 Å². The summed E-state index contributed by atoms with van der Waals surface area (Å²) in [6, 6.07) is 5.71. The predicted octanol–water partition coefficient (Wildman–Crippen LogP) is 3.04. The van der Waals surface area contributed by atoms with Crippen LogP contribution in [0.15, 0.2) is 34.5 Å². The first-order valence-corrected chi connectivity index (χ1v) is 12.1. The van der Waals surface area contributed by atoms with E-state index in [1.54, 1.807) is 25.6 Å². The molecule has 0 unspecified atom stereocenters. The lowest BCUT2D eigenvalue weighted by Gasteiger charge is -2.28. The van der Waals surface area contributed by atoms with Gasteiger partial charge < -0.3 is 34.8 Å². The molecule has 2 aromatic heterocycles. The van der Waals surface area contributed by atoms with E-state index in [0.717, 1.165) is 28.1 Å². The fraction of sp³-hybridized carbons (Fsp3) is 0.360. The number of aliphatic hydroxyl groups is 3. The van der Waals surface area contributed by atoms with Crippen LogP contribution in [-0.4, -0.2) is 56.4 Å². The van der Waals surface area contributed by atoms with E-state index in [4.69, 9.17) is 24.8 Å². The summed E-state index contributed by atoms with van der Waals surface area (Å²) in [5, 5.41) is 38.4. The summed E-state index contributed by atoms with van der Waals surface area (Å²) in [6.45, 7) is 6.97. The Balaban J connectivity index is 1.81. The second-order valence-electron chi connectivity index (χ2n) is 9.37. The van der Waals surface area contributed by atoms with E-state index in [1.807, 2.05) is 48.9 Å². The van der Waals surface area contributed by atoms with Crippen molar-refractivity contribution in [2.45, 2.75) is 46.0 Å². The van der Waals surface area contributed by atoms with Gasteiger partial charge in [-0.25, -0.2) is 4.68 Å². The monoisotopic (exact) mass is 515 g/mol. The fourth-order valence-corrected chi connectivity index (χ4v) is 4.54. The molecular weight excluding hydrogens is 486 g/mol. The van der Waals surface area contributed by atoms with Crippen LogP contribution < -0.4 is 14.8 Å². The number of hydrogen-bond donors (Lipinski definition) is 4. The van der Waals surface area contributed by atoms with Gasteiger partial charge in [0, 0.05) is 28.1 Å². The molecule has 0 aliphatic carbocycles. The first kappa shape index (κ1) is 25.9. The summed E-state index contributed by atoms with van der Waals surface area (Å²) < 4.78 is 17.9. The third-order valence-electron chi connectivity index (χ3n) is 5.43. The molecule has 0 fully saturated rings. The van der Waals surface area contributed by atoms with Crippen molar-refractivity contribution in [2.75, 3.05) is 13.7 Å². The number of thiophene rings is 1. The quantitative estimate of drug-likeness (QED) is 0.336. The fourth-order valence-electron chi connectivity index (χ4n) is 3.92. The number of hydrogen-bond acceptors (Lipinski definition) is 9. The van der Waals surface area contributed by atoms with E-state index < -0.39 is 17.6 Å². The normalized spacial score (nSPS) is 12.9. The van der Waals surface area contributed by atoms with Crippen molar-refractivity contribution in [3.8, 4) is 28.4 Å². The first-order valence-electron chi connectivity index (χ1n) is 11.2. The van der Waals surface area contributed by atoms with Crippen molar-refractivity contribution in [3.63, 3.8) is 0 Å². The van der Waals surface area contributed by atoms with Crippen LogP contribution in [0.4, 0.5) is 0 Å². The van der Waals surface area contributed by atoms with Crippen molar-refractivity contribution in [1.82, 2.24) is 15.1 Å². The van der Waals surface area contributed by atoms with Crippen LogP contribution in [-0.2, 0) is 11.3 Å². The third kappa shape index (κ3) is 5.45. The third-order valence-corrected chi connectivity index (χ3v) is 6.10. The van der Waals surface area contributed by atoms with Gasteiger partial charge in [-0.1, -0.05) is 11.6 Å². The molecule has 192 valence electrons. The lowest BCUT2D eigenvalue weighted by molar-refractivity contribution is -0.456.